The van der Waals surface area contributed by atoms with Crippen LogP contribution in [0.4, 0.5) is 0 Å². The van der Waals surface area contributed by atoms with Crippen LogP contribution in [-0.2, 0) is 0 Å². The first-order valence-corrected chi connectivity index (χ1v) is 4.71. The number of hydrogen-bond donors (Lipinski definition) is 0. The second-order valence-corrected chi connectivity index (χ2v) is 3.97. The van der Waals surface area contributed by atoms with Crippen LogP contribution in [0.25, 0.3) is 0 Å². The summed E-state index contributed by atoms with van der Waals surface area (Å²) in [5, 5.41) is 0. The van der Waals surface area contributed by atoms with E-state index in [1.807, 2.05) is 0 Å². The molecule has 0 fully saturated rings. The molecule has 0 aliphatic heterocycles. The van der Waals surface area contributed by atoms with Crippen LogP contribution >= 0.6 is 0 Å². The Morgan fingerprint density at radius 2 is 2.33 bits per heavy atom. The molecule has 0 aliphatic carbocycles. The van der Waals surface area contributed by atoms with E-state index in [-0.39, 0.29) is 0 Å². The van der Waals surface area contributed by atoms with Crippen molar-refractivity contribution in [2.45, 2.75) is 25.4 Å². The molecular formula is C5H13Si. The first-order valence-electron chi connectivity index (χ1n) is 2.71. The monoisotopic (exact) mass is 101 g/mol. The molecule has 0 atom stereocenters. The van der Waals surface area contributed by atoms with Crippen LogP contribution in [0.1, 0.15) is 13.3 Å². The standard InChI is InChI=1S/C5H13Si/c1-3-5-6-4-2/h1,3-6H2,2H3. The number of hydrogen-bond acceptors (Lipinski definition) is 0. The van der Waals surface area contributed by atoms with Crippen molar-refractivity contribution in [3.63, 3.8) is 0 Å². The summed E-state index contributed by atoms with van der Waals surface area (Å²) in [4.78, 5) is 0. The fourth-order valence-corrected chi connectivity index (χ4v) is 1.28. The van der Waals surface area contributed by atoms with Crippen molar-refractivity contribution in [1.29, 1.82) is 0 Å². The molecule has 0 aromatic carbocycles. The second kappa shape index (κ2) is 5.22. The molecule has 0 saturated carbocycles. The molecule has 0 amide bonds. The van der Waals surface area contributed by atoms with Crippen molar-refractivity contribution in [2.75, 3.05) is 0 Å². The summed E-state index contributed by atoms with van der Waals surface area (Å²) in [6.45, 7) is 6.02. The van der Waals surface area contributed by atoms with Crippen molar-refractivity contribution in [3.05, 3.63) is 6.92 Å². The molecule has 0 nitrogen and oxygen atoms in total. The van der Waals surface area contributed by atoms with E-state index in [0.717, 1.165) is 0 Å². The molecule has 6 heavy (non-hydrogen) atoms. The van der Waals surface area contributed by atoms with Gasteiger partial charge >= 0.3 is 0 Å². The highest BCUT2D eigenvalue weighted by molar-refractivity contribution is 6.35. The highest BCUT2D eigenvalue weighted by Crippen LogP contribution is 1.86. The van der Waals surface area contributed by atoms with Crippen LogP contribution < -0.4 is 0 Å². The highest BCUT2D eigenvalue weighted by atomic mass is 28.2. The average Bonchev–Trinajstić information content (AvgIpc) is 1.61. The van der Waals surface area contributed by atoms with Gasteiger partial charge in [-0.25, -0.2) is 0 Å². The van der Waals surface area contributed by atoms with Crippen LogP contribution in [-0.4, -0.2) is 9.52 Å². The lowest BCUT2D eigenvalue weighted by Crippen LogP contribution is -1.80. The summed E-state index contributed by atoms with van der Waals surface area (Å²) in [6, 6.07) is 2.89. The molecule has 0 aromatic rings. The van der Waals surface area contributed by atoms with Crippen LogP contribution in [0.2, 0.25) is 12.1 Å². The van der Waals surface area contributed by atoms with E-state index in [1.165, 1.54) is 18.5 Å². The minimum absolute atomic E-state index is 0.359. The summed E-state index contributed by atoms with van der Waals surface area (Å²) in [5.74, 6) is 0. The molecule has 37 valence electrons. The summed E-state index contributed by atoms with van der Waals surface area (Å²) in [5.41, 5.74) is 0. The maximum Gasteiger partial charge on any atom is 0.0195 e. The summed E-state index contributed by atoms with van der Waals surface area (Å²) in [6.07, 6.45) is 1.17. The molecule has 0 unspecified atom stereocenters. The van der Waals surface area contributed by atoms with Gasteiger partial charge in [-0.2, -0.15) is 0 Å². The van der Waals surface area contributed by atoms with Crippen molar-refractivity contribution in [1.82, 2.24) is 0 Å². The maximum absolute atomic E-state index is 3.76. The van der Waals surface area contributed by atoms with Crippen molar-refractivity contribution < 1.29 is 0 Å². The van der Waals surface area contributed by atoms with E-state index in [2.05, 4.69) is 13.8 Å². The Morgan fingerprint density at radius 1 is 1.67 bits per heavy atom. The Kier molecular flexibility index (Phi) is 5.41. The van der Waals surface area contributed by atoms with E-state index in [4.69, 9.17) is 0 Å². The van der Waals surface area contributed by atoms with E-state index in [9.17, 15) is 0 Å². The lowest BCUT2D eigenvalue weighted by molar-refractivity contribution is 1.18. The first-order chi connectivity index (χ1) is 2.91. The van der Waals surface area contributed by atoms with Gasteiger partial charge in [0.2, 0.25) is 0 Å². The van der Waals surface area contributed by atoms with Gasteiger partial charge in [0.25, 0.3) is 0 Å². The predicted octanol–water partition coefficient (Wildman–Crippen LogP) is 1.24. The molecule has 0 aromatic heterocycles. The van der Waals surface area contributed by atoms with Crippen LogP contribution in [0.3, 0.4) is 0 Å². The van der Waals surface area contributed by atoms with Gasteiger partial charge in [0.05, 0.1) is 0 Å². The molecule has 0 heterocycles. The average molecular weight is 101 g/mol. The lowest BCUT2D eigenvalue weighted by atomic mass is 10.6. The van der Waals surface area contributed by atoms with Crippen molar-refractivity contribution in [3.8, 4) is 0 Å². The molecular weight excluding hydrogens is 88.1 g/mol. The maximum atomic E-state index is 3.76. The van der Waals surface area contributed by atoms with Crippen LogP contribution in [0.5, 0.6) is 0 Å². The van der Waals surface area contributed by atoms with E-state index in [0.29, 0.717) is 9.52 Å². The third kappa shape index (κ3) is 4.22. The summed E-state index contributed by atoms with van der Waals surface area (Å²) < 4.78 is 0. The van der Waals surface area contributed by atoms with E-state index >= 15 is 0 Å². The van der Waals surface area contributed by atoms with Crippen molar-refractivity contribution >= 4 is 9.52 Å². The fourth-order valence-electron chi connectivity index (χ4n) is 0.427. The summed E-state index contributed by atoms with van der Waals surface area (Å²) >= 11 is 0. The zero-order valence-electron chi connectivity index (χ0n) is 4.54. The SMILES string of the molecule is [CH2]CC[SiH2]CC. The Bertz CT molecular complexity index is 15.9. The normalized spacial score (nSPS) is 11.0. The zero-order chi connectivity index (χ0) is 4.83. The lowest BCUT2D eigenvalue weighted by Gasteiger charge is -1.84. The Morgan fingerprint density at radius 3 is 2.50 bits per heavy atom. The van der Waals surface area contributed by atoms with Gasteiger partial charge in [-0.15, -0.1) is 0 Å². The van der Waals surface area contributed by atoms with Crippen LogP contribution in [0, 0.1) is 6.92 Å². The molecule has 1 heteroatoms. The molecule has 0 bridgehead atoms. The van der Waals surface area contributed by atoms with Gasteiger partial charge in [-0.3, -0.25) is 0 Å². The largest absolute Gasteiger partial charge is 0.0683 e. The van der Waals surface area contributed by atoms with Gasteiger partial charge in [-0.1, -0.05) is 32.4 Å². The number of rotatable bonds is 3. The minimum Gasteiger partial charge on any atom is -0.0683 e. The zero-order valence-corrected chi connectivity index (χ0v) is 5.95. The van der Waals surface area contributed by atoms with E-state index < -0.39 is 0 Å². The molecule has 0 aliphatic rings. The first kappa shape index (κ1) is 6.22. The third-order valence-corrected chi connectivity index (χ3v) is 2.56. The fraction of sp³-hybridized carbons (Fsp3) is 0.800. The van der Waals surface area contributed by atoms with Gasteiger partial charge in [-0.05, 0) is 0 Å². The molecule has 1 radical (unpaired) electrons. The Labute approximate surface area is 42.8 Å². The second-order valence-electron chi connectivity index (χ2n) is 1.56. The van der Waals surface area contributed by atoms with Crippen LogP contribution in [0.15, 0.2) is 0 Å². The molecule has 0 spiro atoms. The molecule has 0 saturated heterocycles. The minimum atomic E-state index is 0.359. The van der Waals surface area contributed by atoms with Crippen molar-refractivity contribution in [2.24, 2.45) is 0 Å². The molecule has 0 rings (SSSR count). The van der Waals surface area contributed by atoms with E-state index in [1.54, 1.807) is 0 Å². The Hall–Kier alpha value is 0.217. The van der Waals surface area contributed by atoms with Gasteiger partial charge < -0.3 is 0 Å². The highest BCUT2D eigenvalue weighted by Gasteiger charge is 1.77. The third-order valence-electron chi connectivity index (χ3n) is 0.854. The van der Waals surface area contributed by atoms with Gasteiger partial charge in [0.1, 0.15) is 0 Å². The molecule has 0 N–H and O–H groups in total. The van der Waals surface area contributed by atoms with Gasteiger partial charge in [0, 0.05) is 9.52 Å². The van der Waals surface area contributed by atoms with Gasteiger partial charge in [0.15, 0.2) is 0 Å². The topological polar surface area (TPSA) is 0 Å². The smallest absolute Gasteiger partial charge is 0.0195 e. The Balaban J connectivity index is 2.34. The summed E-state index contributed by atoms with van der Waals surface area (Å²) in [7, 11) is 0.359. The quantitative estimate of drug-likeness (QED) is 0.370. The predicted molar refractivity (Wildman–Crippen MR) is 33.8 cm³/mol.